The fourth-order valence-corrected chi connectivity index (χ4v) is 14.3. The molecule has 0 radical (unpaired) electrons. The van der Waals surface area contributed by atoms with Crippen LogP contribution in [-0.2, 0) is 71.2 Å². The summed E-state index contributed by atoms with van der Waals surface area (Å²) in [7, 11) is 0. The molecule has 9 unspecified atom stereocenters. The molecule has 0 N–H and O–H groups in total. The summed E-state index contributed by atoms with van der Waals surface area (Å²) >= 11 is 0. The molecule has 0 spiro atoms. The van der Waals surface area contributed by atoms with Crippen LogP contribution in [0.1, 0.15) is 132 Å². The third-order valence-electron chi connectivity index (χ3n) is 18.0. The minimum absolute atomic E-state index is 0.125. The Balaban J connectivity index is 0.781. The van der Waals surface area contributed by atoms with Crippen LogP contribution in [0.15, 0.2) is 36.0 Å². The van der Waals surface area contributed by atoms with Crippen molar-refractivity contribution >= 4 is 18.2 Å². The maximum atomic E-state index is 12.4. The van der Waals surface area contributed by atoms with Crippen LogP contribution in [0, 0.1) is 5.92 Å². The van der Waals surface area contributed by atoms with Crippen molar-refractivity contribution in [2.24, 2.45) is 5.92 Å². The molecule has 11 aliphatic heterocycles. The van der Waals surface area contributed by atoms with Gasteiger partial charge in [-0.25, -0.2) is 4.79 Å². The molecule has 0 bridgehead atoms. The van der Waals surface area contributed by atoms with Crippen LogP contribution in [0.25, 0.3) is 0 Å². The molecule has 0 aromatic rings. The van der Waals surface area contributed by atoms with Gasteiger partial charge in [-0.15, -0.1) is 0 Å². The lowest BCUT2D eigenvalue weighted by Gasteiger charge is -2.61. The number of carbonyl (C=O) groups is 3. The highest BCUT2D eigenvalue weighted by Gasteiger charge is 2.64. The number of ether oxygens (including phenoxy) is 12. The largest absolute Gasteiger partial charge is 0.459 e. The first kappa shape index (κ1) is 46.8. The van der Waals surface area contributed by atoms with Crippen molar-refractivity contribution in [1.29, 1.82) is 0 Å². The Kier molecular flexibility index (Phi) is 11.7. The van der Waals surface area contributed by atoms with Crippen molar-refractivity contribution in [2.45, 2.75) is 264 Å². The molecule has 0 aromatic heterocycles. The minimum atomic E-state index is -0.920. The molecule has 370 valence electrons. The first-order valence-electron chi connectivity index (χ1n) is 25.3. The standard InChI is InChI=1S/C52H72O15/c1-26(25-53)15-30-18-42(56-29(4)54)52(9)43(57-30)20-35-36(64-52)19-34-31(58-35)11-10-13-48(5)44(61-34)24-51(8)41(65-48)22-40-49(6,67-51)14-12-32-46(63-40)27(2)16-33-38(59-32)23-50(7)39(60-33)21-37-47(66-50)28(3)17-45(55)62-37/h10-11,17,25,27,30-44,46-47H,1,12-16,18-24H2,2-9H3/b11-10-/t27-,30-,31?,32+,33?,34+,35?,36-,37?,38-,39?,40?,41?,42+,43?,44-,46?,47-,48+,49-,50+,51+,52+/m1/s1. The second-order valence-corrected chi connectivity index (χ2v) is 23.3. The number of fused-ring (bicyclic) bond motifs is 10. The molecule has 11 heterocycles. The molecule has 11 aliphatic rings. The van der Waals surface area contributed by atoms with Gasteiger partial charge in [0.15, 0.2) is 0 Å². The molecular formula is C52H72O15. The van der Waals surface area contributed by atoms with E-state index >= 15 is 0 Å². The topological polar surface area (TPSA) is 162 Å². The summed E-state index contributed by atoms with van der Waals surface area (Å²) in [5.74, 6) is -0.550. The van der Waals surface area contributed by atoms with Crippen molar-refractivity contribution in [3.05, 3.63) is 36.0 Å². The third kappa shape index (κ3) is 8.14. The average Bonchev–Trinajstić information content (AvgIpc) is 3.45. The Bertz CT molecular complexity index is 2060. The van der Waals surface area contributed by atoms with Crippen molar-refractivity contribution in [3.63, 3.8) is 0 Å². The number of carbonyl (C=O) groups excluding carboxylic acids is 3. The zero-order chi connectivity index (χ0) is 47.0. The van der Waals surface area contributed by atoms with Crippen molar-refractivity contribution < 1.29 is 71.2 Å². The van der Waals surface area contributed by atoms with Gasteiger partial charge in [0.05, 0.1) is 102 Å². The van der Waals surface area contributed by atoms with Crippen molar-refractivity contribution in [2.75, 3.05) is 0 Å². The molecule has 0 saturated carbocycles. The number of rotatable bonds is 4. The smallest absolute Gasteiger partial charge is 0.331 e. The highest BCUT2D eigenvalue weighted by molar-refractivity contribution is 5.84. The zero-order valence-corrected chi connectivity index (χ0v) is 40.5. The molecule has 0 aliphatic carbocycles. The highest BCUT2D eigenvalue weighted by Crippen LogP contribution is 2.55. The molecular weight excluding hydrogens is 865 g/mol. The molecule has 23 atom stereocenters. The average molecular weight is 937 g/mol. The van der Waals surface area contributed by atoms with Crippen LogP contribution >= 0.6 is 0 Å². The lowest BCUT2D eigenvalue weighted by Crippen LogP contribution is -2.70. The highest BCUT2D eigenvalue weighted by atomic mass is 16.7. The molecule has 11 rings (SSSR count). The van der Waals surface area contributed by atoms with E-state index in [0.717, 1.165) is 31.1 Å². The SMILES string of the molecule is C=C(C=O)C[C@@H]1C[C@H](OC(C)=O)[C@]2(C)O[C@@H]3C[C@@H]4O[C@@H]5C[C@]6(C)O[C@]7(C)CC[C@@H]8O[C@@H]9C[C@]%10(C)O[C@@H]%11C(C)=CC(=O)OC%11CC%10OC9C[C@@H](C)C8OC7CC6O[C@@]5(C)C/C=C\C4OC3CC2O1. The van der Waals surface area contributed by atoms with Gasteiger partial charge in [-0.3, -0.25) is 9.59 Å². The Morgan fingerprint density at radius 1 is 0.746 bits per heavy atom. The van der Waals surface area contributed by atoms with Gasteiger partial charge in [0.25, 0.3) is 0 Å². The number of esters is 2. The molecule has 9 saturated heterocycles. The predicted molar refractivity (Wildman–Crippen MR) is 238 cm³/mol. The summed E-state index contributed by atoms with van der Waals surface area (Å²) in [6.07, 6.45) is 9.29. The van der Waals surface area contributed by atoms with Gasteiger partial charge in [0.1, 0.15) is 36.3 Å². The Labute approximate surface area is 394 Å². The molecule has 15 nitrogen and oxygen atoms in total. The fourth-order valence-electron chi connectivity index (χ4n) is 14.3. The molecule has 15 heteroatoms. The lowest BCUT2D eigenvalue weighted by molar-refractivity contribution is -0.356. The summed E-state index contributed by atoms with van der Waals surface area (Å²) in [4.78, 5) is 36.1. The van der Waals surface area contributed by atoms with Crippen LogP contribution in [0.5, 0.6) is 0 Å². The second kappa shape index (κ2) is 16.8. The Hall–Kier alpha value is -2.57. The van der Waals surface area contributed by atoms with Crippen LogP contribution < -0.4 is 0 Å². The fraction of sp³-hybridized carbons (Fsp3) is 0.827. The van der Waals surface area contributed by atoms with Gasteiger partial charge in [-0.05, 0) is 84.3 Å². The third-order valence-corrected chi connectivity index (χ3v) is 18.0. The van der Waals surface area contributed by atoms with Crippen LogP contribution in [0.3, 0.4) is 0 Å². The van der Waals surface area contributed by atoms with E-state index in [4.69, 9.17) is 56.8 Å². The Morgan fingerprint density at radius 3 is 2.30 bits per heavy atom. The van der Waals surface area contributed by atoms with Gasteiger partial charge in [0.2, 0.25) is 0 Å². The zero-order valence-electron chi connectivity index (χ0n) is 40.5. The summed E-state index contributed by atoms with van der Waals surface area (Å²) in [5.41, 5.74) is -2.06. The van der Waals surface area contributed by atoms with E-state index in [9.17, 15) is 14.4 Å². The van der Waals surface area contributed by atoms with Crippen LogP contribution in [-0.4, -0.2) is 150 Å². The van der Waals surface area contributed by atoms with E-state index in [2.05, 4.69) is 53.3 Å². The second-order valence-electron chi connectivity index (χ2n) is 23.3. The molecule has 0 aromatic carbocycles. The first-order chi connectivity index (χ1) is 31.7. The quantitative estimate of drug-likeness (QED) is 0.139. The van der Waals surface area contributed by atoms with Gasteiger partial charge in [0, 0.05) is 64.4 Å². The van der Waals surface area contributed by atoms with E-state index < -0.39 is 46.2 Å². The van der Waals surface area contributed by atoms with Gasteiger partial charge in [-0.2, -0.15) is 0 Å². The van der Waals surface area contributed by atoms with E-state index in [1.165, 1.54) is 6.92 Å². The van der Waals surface area contributed by atoms with Crippen molar-refractivity contribution in [3.8, 4) is 0 Å². The lowest BCUT2D eigenvalue weighted by atomic mass is 9.72. The normalized spacial score (nSPS) is 54.8. The van der Waals surface area contributed by atoms with Crippen molar-refractivity contribution in [1.82, 2.24) is 0 Å². The van der Waals surface area contributed by atoms with Crippen LogP contribution in [0.2, 0.25) is 0 Å². The maximum Gasteiger partial charge on any atom is 0.331 e. The Morgan fingerprint density at radius 2 is 1.51 bits per heavy atom. The summed E-state index contributed by atoms with van der Waals surface area (Å²) in [6, 6.07) is 0. The summed E-state index contributed by atoms with van der Waals surface area (Å²) in [6.45, 7) is 20.1. The predicted octanol–water partition coefficient (Wildman–Crippen LogP) is 6.04. The van der Waals surface area contributed by atoms with E-state index in [1.807, 2.05) is 13.8 Å². The van der Waals surface area contributed by atoms with Gasteiger partial charge >= 0.3 is 11.9 Å². The van der Waals surface area contributed by atoms with E-state index in [0.29, 0.717) is 63.4 Å². The van der Waals surface area contributed by atoms with Gasteiger partial charge < -0.3 is 56.8 Å². The summed E-state index contributed by atoms with van der Waals surface area (Å²) < 4.78 is 82.0. The van der Waals surface area contributed by atoms with E-state index in [-0.39, 0.29) is 103 Å². The van der Waals surface area contributed by atoms with Gasteiger partial charge in [-0.1, -0.05) is 25.7 Å². The molecule has 67 heavy (non-hydrogen) atoms. The number of hydrogen-bond acceptors (Lipinski definition) is 15. The molecule has 9 fully saturated rings. The van der Waals surface area contributed by atoms with Crippen LogP contribution in [0.4, 0.5) is 0 Å². The first-order valence-corrected chi connectivity index (χ1v) is 25.3. The summed E-state index contributed by atoms with van der Waals surface area (Å²) in [5, 5.41) is 0. The monoisotopic (exact) mass is 936 g/mol. The number of aldehydes is 1. The van der Waals surface area contributed by atoms with E-state index in [1.54, 1.807) is 6.08 Å². The number of hydrogen-bond donors (Lipinski definition) is 0. The minimum Gasteiger partial charge on any atom is -0.459 e. The molecule has 0 amide bonds. The maximum absolute atomic E-state index is 12.4.